The van der Waals surface area contributed by atoms with E-state index in [0.717, 1.165) is 35.8 Å². The Balaban J connectivity index is 1.94. The molecule has 0 radical (unpaired) electrons. The number of nitrogens with zero attached hydrogens (tertiary/aromatic N) is 1. The molecule has 0 unspecified atom stereocenters. The molecule has 0 saturated heterocycles. The van der Waals surface area contributed by atoms with Crippen molar-refractivity contribution in [2.75, 3.05) is 11.9 Å². The van der Waals surface area contributed by atoms with E-state index in [2.05, 4.69) is 12.2 Å². The van der Waals surface area contributed by atoms with Gasteiger partial charge in [0.2, 0.25) is 0 Å². The third-order valence-corrected chi connectivity index (χ3v) is 6.11. The highest BCUT2D eigenvalue weighted by atomic mass is 35.5. The normalized spacial score (nSPS) is 15.6. The van der Waals surface area contributed by atoms with E-state index in [1.807, 2.05) is 0 Å². The minimum Gasteiger partial charge on any atom is -0.462 e. The van der Waals surface area contributed by atoms with Crippen LogP contribution in [0.4, 0.5) is 10.7 Å². The van der Waals surface area contributed by atoms with Gasteiger partial charge in [-0.05, 0) is 43.7 Å². The Morgan fingerprint density at radius 3 is 2.82 bits per heavy atom. The van der Waals surface area contributed by atoms with Gasteiger partial charge in [-0.25, -0.2) is 4.79 Å². The quantitative estimate of drug-likeness (QED) is 0.421. The summed E-state index contributed by atoms with van der Waals surface area (Å²) < 4.78 is 5.19. The van der Waals surface area contributed by atoms with Crippen LogP contribution in [0, 0.1) is 16.0 Å². The van der Waals surface area contributed by atoms with Crippen molar-refractivity contribution < 1.29 is 19.2 Å². The SMILES string of the molecule is CCOC(=O)c1c(NC(=O)c2ccc([N+](=O)[O-])cc2Cl)sc2c1CC[C@H](C)C2. The van der Waals surface area contributed by atoms with Crippen LogP contribution in [0.5, 0.6) is 0 Å². The van der Waals surface area contributed by atoms with Crippen molar-refractivity contribution in [2.24, 2.45) is 5.92 Å². The van der Waals surface area contributed by atoms with Crippen molar-refractivity contribution in [3.8, 4) is 0 Å². The van der Waals surface area contributed by atoms with Gasteiger partial charge < -0.3 is 10.1 Å². The summed E-state index contributed by atoms with van der Waals surface area (Å²) in [4.78, 5) is 36.6. The maximum Gasteiger partial charge on any atom is 0.341 e. The number of non-ortho nitro benzene ring substituents is 1. The number of hydrogen-bond acceptors (Lipinski definition) is 6. The lowest BCUT2D eigenvalue weighted by atomic mass is 9.88. The summed E-state index contributed by atoms with van der Waals surface area (Å²) in [5, 5.41) is 14.0. The first-order valence-electron chi connectivity index (χ1n) is 8.88. The molecule has 1 aliphatic carbocycles. The molecule has 1 N–H and O–H groups in total. The molecular weight excluding hydrogens is 404 g/mol. The second-order valence-corrected chi connectivity index (χ2v) is 8.16. The standard InChI is InChI=1S/C19H19ClN2O5S/c1-3-27-19(24)16-13-6-4-10(2)8-15(13)28-18(16)21-17(23)12-7-5-11(22(25)26)9-14(12)20/h5,7,9-10H,3-4,6,8H2,1-2H3,(H,21,23)/t10-/m0/s1. The zero-order valence-corrected chi connectivity index (χ0v) is 17.0. The smallest absolute Gasteiger partial charge is 0.341 e. The summed E-state index contributed by atoms with van der Waals surface area (Å²) in [5.41, 5.74) is 1.24. The van der Waals surface area contributed by atoms with Crippen molar-refractivity contribution in [2.45, 2.75) is 33.1 Å². The van der Waals surface area contributed by atoms with E-state index >= 15 is 0 Å². The first-order valence-corrected chi connectivity index (χ1v) is 10.1. The Hall–Kier alpha value is -2.45. The van der Waals surface area contributed by atoms with Crippen LogP contribution >= 0.6 is 22.9 Å². The molecule has 1 atom stereocenters. The van der Waals surface area contributed by atoms with E-state index in [0.29, 0.717) is 16.5 Å². The number of nitrogens with one attached hydrogen (secondary N) is 1. The Labute approximate surface area is 170 Å². The summed E-state index contributed by atoms with van der Waals surface area (Å²) in [5.74, 6) is -0.481. The van der Waals surface area contributed by atoms with E-state index in [9.17, 15) is 19.7 Å². The highest BCUT2D eigenvalue weighted by molar-refractivity contribution is 7.17. The molecule has 1 heterocycles. The number of esters is 1. The number of carbonyl (C=O) groups excluding carboxylic acids is 2. The molecule has 1 aromatic heterocycles. The predicted molar refractivity (Wildman–Crippen MR) is 108 cm³/mol. The summed E-state index contributed by atoms with van der Waals surface area (Å²) >= 11 is 7.43. The van der Waals surface area contributed by atoms with Gasteiger partial charge in [0, 0.05) is 17.0 Å². The number of benzene rings is 1. The number of rotatable bonds is 5. The van der Waals surface area contributed by atoms with Crippen LogP contribution in [0.25, 0.3) is 0 Å². The number of fused-ring (bicyclic) bond motifs is 1. The Bertz CT molecular complexity index is 956. The Kier molecular flexibility index (Phi) is 6.00. The minimum atomic E-state index is -0.582. The fraction of sp³-hybridized carbons (Fsp3) is 0.368. The van der Waals surface area contributed by atoms with Crippen LogP contribution in [-0.2, 0) is 17.6 Å². The summed E-state index contributed by atoms with van der Waals surface area (Å²) in [7, 11) is 0. The van der Waals surface area contributed by atoms with Crippen LogP contribution in [0.2, 0.25) is 5.02 Å². The molecule has 0 fully saturated rings. The molecule has 2 aromatic rings. The zero-order valence-electron chi connectivity index (χ0n) is 15.4. The third kappa shape index (κ3) is 4.02. The number of thiophene rings is 1. The second kappa shape index (κ2) is 8.28. The van der Waals surface area contributed by atoms with Crippen molar-refractivity contribution in [3.63, 3.8) is 0 Å². The molecule has 3 rings (SSSR count). The van der Waals surface area contributed by atoms with Gasteiger partial charge in [-0.3, -0.25) is 14.9 Å². The average Bonchev–Trinajstić information content (AvgIpc) is 2.98. The molecule has 9 heteroatoms. The van der Waals surface area contributed by atoms with Crippen molar-refractivity contribution in [1.82, 2.24) is 0 Å². The van der Waals surface area contributed by atoms with E-state index in [1.54, 1.807) is 6.92 Å². The largest absolute Gasteiger partial charge is 0.462 e. The van der Waals surface area contributed by atoms with Crippen LogP contribution in [0.1, 0.15) is 51.4 Å². The number of nitro benzene ring substituents is 1. The molecule has 148 valence electrons. The lowest BCUT2D eigenvalue weighted by Crippen LogP contribution is -2.17. The van der Waals surface area contributed by atoms with Gasteiger partial charge in [0.15, 0.2) is 0 Å². The molecule has 0 bridgehead atoms. The maximum absolute atomic E-state index is 12.7. The molecule has 0 saturated carbocycles. The molecule has 28 heavy (non-hydrogen) atoms. The zero-order chi connectivity index (χ0) is 20.4. The summed E-state index contributed by atoms with van der Waals surface area (Å²) in [6.07, 6.45) is 2.58. The van der Waals surface area contributed by atoms with Crippen LogP contribution in [-0.4, -0.2) is 23.4 Å². The number of carbonyl (C=O) groups is 2. The van der Waals surface area contributed by atoms with E-state index in [1.165, 1.54) is 23.5 Å². The van der Waals surface area contributed by atoms with Gasteiger partial charge in [-0.1, -0.05) is 18.5 Å². The lowest BCUT2D eigenvalue weighted by Gasteiger charge is -2.18. The number of nitro groups is 1. The second-order valence-electron chi connectivity index (χ2n) is 6.65. The van der Waals surface area contributed by atoms with Gasteiger partial charge >= 0.3 is 5.97 Å². The number of ether oxygens (including phenoxy) is 1. The highest BCUT2D eigenvalue weighted by Gasteiger charge is 2.29. The van der Waals surface area contributed by atoms with Crippen LogP contribution in [0.15, 0.2) is 18.2 Å². The van der Waals surface area contributed by atoms with E-state index in [4.69, 9.17) is 16.3 Å². The number of anilines is 1. The van der Waals surface area contributed by atoms with E-state index in [-0.39, 0.29) is 22.9 Å². The molecule has 0 spiro atoms. The monoisotopic (exact) mass is 422 g/mol. The molecule has 7 nitrogen and oxygen atoms in total. The fourth-order valence-electron chi connectivity index (χ4n) is 3.23. The Morgan fingerprint density at radius 1 is 1.43 bits per heavy atom. The Morgan fingerprint density at radius 2 is 2.18 bits per heavy atom. The van der Waals surface area contributed by atoms with E-state index < -0.39 is 16.8 Å². The van der Waals surface area contributed by atoms with Crippen LogP contribution in [0.3, 0.4) is 0 Å². The van der Waals surface area contributed by atoms with Crippen molar-refractivity contribution >= 4 is 45.5 Å². The molecule has 1 aliphatic rings. The van der Waals surface area contributed by atoms with Crippen molar-refractivity contribution in [3.05, 3.63) is 54.9 Å². The number of hydrogen-bond donors (Lipinski definition) is 1. The molecule has 0 aliphatic heterocycles. The van der Waals surface area contributed by atoms with Gasteiger partial charge in [0.05, 0.1) is 27.7 Å². The molecular formula is C19H19ClN2O5S. The fourth-order valence-corrected chi connectivity index (χ4v) is 4.88. The van der Waals surface area contributed by atoms with Gasteiger partial charge in [-0.2, -0.15) is 0 Å². The first-order chi connectivity index (χ1) is 13.3. The lowest BCUT2D eigenvalue weighted by molar-refractivity contribution is -0.384. The van der Waals surface area contributed by atoms with Gasteiger partial charge in [0.1, 0.15) is 5.00 Å². The maximum atomic E-state index is 12.7. The van der Waals surface area contributed by atoms with Gasteiger partial charge in [0.25, 0.3) is 11.6 Å². The molecule has 1 aromatic carbocycles. The minimum absolute atomic E-state index is 0.0284. The molecule has 1 amide bonds. The highest BCUT2D eigenvalue weighted by Crippen LogP contribution is 2.40. The number of amides is 1. The third-order valence-electron chi connectivity index (χ3n) is 4.63. The van der Waals surface area contributed by atoms with Gasteiger partial charge in [-0.15, -0.1) is 11.3 Å². The van der Waals surface area contributed by atoms with Crippen LogP contribution < -0.4 is 5.32 Å². The first kappa shape index (κ1) is 20.3. The summed E-state index contributed by atoms with van der Waals surface area (Å²) in [6, 6.07) is 3.65. The average molecular weight is 423 g/mol. The summed E-state index contributed by atoms with van der Waals surface area (Å²) in [6.45, 7) is 4.12. The predicted octanol–water partition coefficient (Wildman–Crippen LogP) is 4.86. The van der Waals surface area contributed by atoms with Crippen molar-refractivity contribution in [1.29, 1.82) is 0 Å². The topological polar surface area (TPSA) is 98.5 Å². The number of halogens is 1.